The van der Waals surface area contributed by atoms with Crippen LogP contribution in [0.15, 0.2) is 91.9 Å². The van der Waals surface area contributed by atoms with E-state index in [9.17, 15) is 64.9 Å². The molecule has 80 heavy (non-hydrogen) atoms. The molecule has 0 saturated heterocycles. The Labute approximate surface area is 550 Å². The third-order valence-electron chi connectivity index (χ3n) is 13.0. The summed E-state index contributed by atoms with van der Waals surface area (Å²) < 4.78 is 106. The third-order valence-corrected chi connectivity index (χ3v) is 17.1. The number of phenolic OH excluding ortho intramolecular Hbond substituents is 1. The van der Waals surface area contributed by atoms with Gasteiger partial charge in [0.25, 0.3) is 20.0 Å². The standard InChI is InChI=1S/C54H48N4O15S3.4Na/c1-24-18-26(3)49(57-74(66,67)51-28(5)20-38(59)44(29(51)6)53(62)63)31(8)47(24)55-33-14-16-35-41(21-33)73-42-22-34(15-17-36(42)46(35)37-12-10-11-13-43(37)76(70,71)72)56-48-25(2)19-27(4)50(32(48)9)58-75(68,69)52-30(7)45(54(64)65)39(60)23-40(52)61;;;;/h10-17,20-23,55,57-61H,1-9H3,(H,62,63)(H,64,65)(H,70,71,72);;;;/q-2;4*+1/p-2. The van der Waals surface area contributed by atoms with Gasteiger partial charge in [-0.3, -0.25) is 4.99 Å². The zero-order chi connectivity index (χ0) is 55.8. The van der Waals surface area contributed by atoms with E-state index in [-0.39, 0.29) is 163 Å². The Balaban J connectivity index is 0.00000344. The van der Waals surface area contributed by atoms with E-state index in [1.54, 1.807) is 84.0 Å². The Morgan fingerprint density at radius 1 is 0.575 bits per heavy atom. The molecule has 2 aliphatic rings. The first-order chi connectivity index (χ1) is 35.4. The van der Waals surface area contributed by atoms with Crippen LogP contribution >= 0.6 is 0 Å². The Bertz CT molecular complexity index is 4270. The van der Waals surface area contributed by atoms with Crippen molar-refractivity contribution in [2.75, 3.05) is 14.8 Å². The minimum absolute atomic E-state index is 0. The number of aromatic hydroxyl groups is 3. The van der Waals surface area contributed by atoms with Crippen LogP contribution in [-0.4, -0.2) is 57.1 Å². The number of aryl methyl sites for hydroxylation is 5. The number of sulfonamides is 2. The van der Waals surface area contributed by atoms with Crippen molar-refractivity contribution >= 4 is 81.5 Å². The molecule has 0 atom stereocenters. The Morgan fingerprint density at radius 3 is 1.69 bits per heavy atom. The fourth-order valence-corrected chi connectivity index (χ4v) is 13.6. The summed E-state index contributed by atoms with van der Waals surface area (Å²) in [5, 5.41) is 58.9. The number of carboxylic acid groups (broad SMARTS) is 2. The van der Waals surface area contributed by atoms with Crippen LogP contribution in [0.2, 0.25) is 0 Å². The number of aromatic carboxylic acids is 2. The second kappa shape index (κ2) is 25.6. The molecule has 6 aromatic carbocycles. The predicted molar refractivity (Wildman–Crippen MR) is 275 cm³/mol. The number of hydrogen-bond donors (Lipinski definition) is 7. The van der Waals surface area contributed by atoms with Gasteiger partial charge in [0, 0.05) is 57.1 Å². The quantitative estimate of drug-likeness (QED) is 0.0244. The Hall–Kier alpha value is -4.44. The molecule has 0 unspecified atom stereocenters. The van der Waals surface area contributed by atoms with Crippen LogP contribution in [-0.2, 0) is 30.2 Å². The molecule has 0 bridgehead atoms. The number of phenols is 3. The van der Waals surface area contributed by atoms with Gasteiger partial charge in [-0.05, 0) is 73.5 Å². The average Bonchev–Trinajstić information content (AvgIpc) is 3.30. The maximum absolute atomic E-state index is 14.0. The van der Waals surface area contributed by atoms with Crippen LogP contribution in [0.1, 0.15) is 70.8 Å². The summed E-state index contributed by atoms with van der Waals surface area (Å²) in [6, 6.07) is 23.4. The Morgan fingerprint density at radius 2 is 1.10 bits per heavy atom. The van der Waals surface area contributed by atoms with Gasteiger partial charge in [0.1, 0.15) is 49.3 Å². The van der Waals surface area contributed by atoms with E-state index in [4.69, 9.17) is 4.42 Å². The molecular weight excluding hydrogens is 1130 g/mol. The van der Waals surface area contributed by atoms with Crippen LogP contribution < -0.4 is 154 Å². The van der Waals surface area contributed by atoms with Crippen molar-refractivity contribution in [1.29, 1.82) is 0 Å². The molecule has 0 fully saturated rings. The van der Waals surface area contributed by atoms with Gasteiger partial charge in [0.15, 0.2) is 5.36 Å². The van der Waals surface area contributed by atoms with Gasteiger partial charge in [-0.15, -0.1) is 22.3 Å². The van der Waals surface area contributed by atoms with Gasteiger partial charge >= 0.3 is 118 Å². The van der Waals surface area contributed by atoms with Gasteiger partial charge in [0.05, 0.1) is 27.8 Å². The molecule has 0 radical (unpaired) electrons. The minimum atomic E-state index is -5.04. The zero-order valence-corrected chi connectivity index (χ0v) is 56.3. The van der Waals surface area contributed by atoms with Crippen LogP contribution in [0.5, 0.6) is 17.2 Å². The molecule has 8 rings (SSSR count). The molecule has 26 heteroatoms. The molecule has 6 aromatic rings. The molecule has 0 spiro atoms. The first kappa shape index (κ1) is 68.1. The van der Waals surface area contributed by atoms with Crippen LogP contribution in [0, 0.1) is 74.4 Å². The van der Waals surface area contributed by atoms with Crippen molar-refractivity contribution in [2.45, 2.75) is 77.0 Å². The van der Waals surface area contributed by atoms with Gasteiger partial charge in [0.2, 0.25) is 0 Å². The second-order valence-electron chi connectivity index (χ2n) is 18.2. The molecule has 0 aromatic heterocycles. The maximum atomic E-state index is 14.0. The number of rotatable bonds is 13. The smallest absolute Gasteiger partial charge is 0.744 e. The number of carbonyl (C=O) groups is 2. The molecule has 1 aliphatic carbocycles. The van der Waals surface area contributed by atoms with E-state index < -0.39 is 85.8 Å². The van der Waals surface area contributed by atoms with E-state index in [1.807, 2.05) is 0 Å². The molecule has 1 heterocycles. The number of nitrogens with one attached hydrogen (secondary N) is 4. The van der Waals surface area contributed by atoms with E-state index in [0.717, 1.165) is 13.0 Å². The predicted octanol–water partition coefficient (Wildman–Crippen LogP) is -7.00. The first-order valence-electron chi connectivity index (χ1n) is 22.8. The van der Waals surface area contributed by atoms with Crippen molar-refractivity contribution < 1.29 is 193 Å². The normalized spacial score (nSPS) is 11.7. The van der Waals surface area contributed by atoms with Crippen molar-refractivity contribution in [3.8, 4) is 39.7 Å². The van der Waals surface area contributed by atoms with E-state index in [1.165, 1.54) is 32.0 Å². The molecule has 19 nitrogen and oxygen atoms in total. The first-order valence-corrected chi connectivity index (χ1v) is 27.2. The summed E-state index contributed by atoms with van der Waals surface area (Å²) in [5.74, 6) is -5.88. The summed E-state index contributed by atoms with van der Waals surface area (Å²) in [5.41, 5.74) is 2.85. The van der Waals surface area contributed by atoms with Crippen LogP contribution in [0.3, 0.4) is 0 Å². The van der Waals surface area contributed by atoms with Gasteiger partial charge in [-0.2, -0.15) is 12.1 Å². The van der Waals surface area contributed by atoms with Gasteiger partial charge < -0.3 is 58.9 Å². The minimum Gasteiger partial charge on any atom is -0.744 e. The van der Waals surface area contributed by atoms with Crippen molar-refractivity contribution in [3.05, 3.63) is 151 Å². The van der Waals surface area contributed by atoms with E-state index in [2.05, 4.69) is 31.9 Å². The number of fused-ring (bicyclic) bond motifs is 2. The zero-order valence-electron chi connectivity index (χ0n) is 45.9. The summed E-state index contributed by atoms with van der Waals surface area (Å²) >= 11 is 0. The molecule has 394 valence electrons. The summed E-state index contributed by atoms with van der Waals surface area (Å²) in [6.07, 6.45) is 0. The molecule has 7 N–H and O–H groups in total. The average molecular weight is 1180 g/mol. The summed E-state index contributed by atoms with van der Waals surface area (Å²) in [7, 11) is -14.3. The SMILES string of the molecule is Cc1[c-]c(C)c(NS(=O)(=O)c2c(C)cc(O)c(C(=O)[O-])c2C)c(C)c1Nc1ccc2c(-c3ccccc3S(=O)(=O)[O-])c3ccc(=[NH+]c4c(C)[c-]c(C)c(NS(=O)(=O)c5c(O)cc(O)c(C(=O)[O-])c5C)c4C)cc-3oc2c1.[Na+].[Na+].[Na+].[Na+]. The van der Waals surface area contributed by atoms with E-state index in [0.29, 0.717) is 78.4 Å². The van der Waals surface area contributed by atoms with Gasteiger partial charge in [-0.25, -0.2) is 25.3 Å². The second-order valence-corrected chi connectivity index (χ2v) is 22.8. The number of hydrogen-bond acceptors (Lipinski definition) is 16. The molecule has 0 saturated carbocycles. The molecular formula is C54H46N4Na4O15S3. The van der Waals surface area contributed by atoms with Crippen molar-refractivity contribution in [3.63, 3.8) is 0 Å². The van der Waals surface area contributed by atoms with E-state index >= 15 is 0 Å². The third kappa shape index (κ3) is 13.0. The van der Waals surface area contributed by atoms with Crippen molar-refractivity contribution in [2.24, 2.45) is 0 Å². The number of carbonyl (C=O) groups excluding carboxylic acids is 2. The van der Waals surface area contributed by atoms with Crippen LogP contribution in [0.4, 0.5) is 28.4 Å². The monoisotopic (exact) mass is 1180 g/mol. The summed E-state index contributed by atoms with van der Waals surface area (Å²) in [4.78, 5) is 25.3. The van der Waals surface area contributed by atoms with Gasteiger partial charge in [-0.1, -0.05) is 82.2 Å². The van der Waals surface area contributed by atoms with Crippen molar-refractivity contribution in [1.82, 2.24) is 0 Å². The topological polar surface area (TPSA) is 330 Å². The Kier molecular flexibility index (Phi) is 21.8. The number of benzene rings is 7. The number of anilines is 4. The number of carboxylic acids is 2. The fraction of sp³-hybridized carbons (Fsp3) is 0.167. The fourth-order valence-electron chi connectivity index (χ4n) is 9.73. The molecule has 1 aliphatic heterocycles. The largest absolute Gasteiger partial charge is 1.00 e. The molecule has 0 amide bonds. The maximum Gasteiger partial charge on any atom is 1.00 e. The summed E-state index contributed by atoms with van der Waals surface area (Å²) in [6.45, 7) is 13.7. The van der Waals surface area contributed by atoms with Crippen LogP contribution in [0.25, 0.3) is 33.4 Å².